The quantitative estimate of drug-likeness (QED) is 0.798. The number of hydrogen-bond donors (Lipinski definition) is 2. The number of aromatic nitrogens is 1. The van der Waals surface area contributed by atoms with E-state index in [1.807, 2.05) is 0 Å². The topological polar surface area (TPSA) is 88.5 Å². The summed E-state index contributed by atoms with van der Waals surface area (Å²) in [5.74, 6) is -0.862. The fraction of sp³-hybridized carbons (Fsp3) is 0.417. The van der Waals surface area contributed by atoms with E-state index in [4.69, 9.17) is 9.84 Å². The smallest absolute Gasteiger partial charge is 0.326 e. The summed E-state index contributed by atoms with van der Waals surface area (Å²) in [6.45, 7) is 3.07. The van der Waals surface area contributed by atoms with Gasteiger partial charge >= 0.3 is 5.97 Å². The summed E-state index contributed by atoms with van der Waals surface area (Å²) in [6.07, 6.45) is 0.118. The van der Waals surface area contributed by atoms with Crippen LogP contribution in [0.4, 0.5) is 0 Å². The van der Waals surface area contributed by atoms with Crippen molar-refractivity contribution in [3.8, 4) is 5.75 Å². The van der Waals surface area contributed by atoms with Crippen LogP contribution >= 0.6 is 0 Å². The van der Waals surface area contributed by atoms with Crippen LogP contribution in [0.15, 0.2) is 12.1 Å². The molecule has 1 aromatic heterocycles. The summed E-state index contributed by atoms with van der Waals surface area (Å²) >= 11 is 0. The predicted octanol–water partition coefficient (Wildman–Crippen LogP) is 0.530. The molecule has 0 aliphatic heterocycles. The predicted molar refractivity (Wildman–Crippen MR) is 64.5 cm³/mol. The van der Waals surface area contributed by atoms with E-state index in [-0.39, 0.29) is 12.3 Å². The Kier molecular flexibility index (Phi) is 4.65. The van der Waals surface area contributed by atoms with Gasteiger partial charge in [0.25, 0.3) is 0 Å². The number of methoxy groups -OCH3 is 1. The van der Waals surface area contributed by atoms with Gasteiger partial charge in [0.15, 0.2) is 0 Å². The molecular weight excluding hydrogens is 236 g/mol. The molecule has 0 aliphatic carbocycles. The van der Waals surface area contributed by atoms with Crippen LogP contribution in [0.1, 0.15) is 18.3 Å². The molecule has 18 heavy (non-hydrogen) atoms. The molecule has 0 spiro atoms. The van der Waals surface area contributed by atoms with Crippen molar-refractivity contribution in [1.82, 2.24) is 10.3 Å². The molecule has 1 heterocycles. The molecule has 0 fully saturated rings. The zero-order valence-corrected chi connectivity index (χ0v) is 10.6. The van der Waals surface area contributed by atoms with E-state index in [9.17, 15) is 9.59 Å². The highest BCUT2D eigenvalue weighted by atomic mass is 16.5. The molecule has 0 aromatic carbocycles. The number of aryl methyl sites for hydroxylation is 1. The molecule has 6 nitrogen and oxygen atoms in total. The van der Waals surface area contributed by atoms with E-state index in [0.29, 0.717) is 11.4 Å². The number of nitrogens with one attached hydrogen (secondary N) is 1. The highest BCUT2D eigenvalue weighted by Crippen LogP contribution is 2.14. The van der Waals surface area contributed by atoms with Gasteiger partial charge in [0.1, 0.15) is 11.8 Å². The van der Waals surface area contributed by atoms with Crippen LogP contribution in [-0.2, 0) is 16.0 Å². The SMILES string of the molecule is COc1cc(C)nc(CC(NC(C)=O)C(=O)O)c1. The average Bonchev–Trinajstić information content (AvgIpc) is 2.26. The molecule has 98 valence electrons. The first-order chi connectivity index (χ1) is 8.42. The summed E-state index contributed by atoms with van der Waals surface area (Å²) in [6, 6.07) is 2.42. The number of rotatable bonds is 5. The molecule has 1 unspecified atom stereocenters. The van der Waals surface area contributed by atoms with Gasteiger partial charge in [0.05, 0.1) is 7.11 Å². The van der Waals surface area contributed by atoms with Crippen molar-refractivity contribution in [2.24, 2.45) is 0 Å². The lowest BCUT2D eigenvalue weighted by Crippen LogP contribution is -2.41. The van der Waals surface area contributed by atoms with Crippen molar-refractivity contribution in [3.63, 3.8) is 0 Å². The molecule has 0 saturated heterocycles. The Balaban J connectivity index is 2.89. The second-order valence-electron chi connectivity index (χ2n) is 3.94. The van der Waals surface area contributed by atoms with E-state index >= 15 is 0 Å². The van der Waals surface area contributed by atoms with E-state index < -0.39 is 12.0 Å². The molecule has 2 N–H and O–H groups in total. The minimum absolute atomic E-state index is 0.118. The third-order valence-electron chi connectivity index (χ3n) is 2.30. The van der Waals surface area contributed by atoms with Gasteiger partial charge in [-0.05, 0) is 6.92 Å². The first-order valence-corrected chi connectivity index (χ1v) is 5.44. The monoisotopic (exact) mass is 252 g/mol. The molecule has 1 atom stereocenters. The molecule has 1 rings (SSSR count). The fourth-order valence-electron chi connectivity index (χ4n) is 1.58. The molecule has 1 amide bonds. The molecule has 0 aliphatic rings. The zero-order chi connectivity index (χ0) is 13.7. The molecule has 0 saturated carbocycles. The molecule has 1 aromatic rings. The summed E-state index contributed by atoms with van der Waals surface area (Å²) in [5, 5.41) is 11.4. The molecule has 6 heteroatoms. The van der Waals surface area contributed by atoms with Gasteiger partial charge in [-0.3, -0.25) is 9.78 Å². The Morgan fingerprint density at radius 3 is 2.67 bits per heavy atom. The lowest BCUT2D eigenvalue weighted by Gasteiger charge is -2.13. The van der Waals surface area contributed by atoms with Crippen LogP contribution in [0.2, 0.25) is 0 Å². The lowest BCUT2D eigenvalue weighted by atomic mass is 10.1. The van der Waals surface area contributed by atoms with E-state index in [2.05, 4.69) is 10.3 Å². The van der Waals surface area contributed by atoms with Crippen molar-refractivity contribution in [2.45, 2.75) is 26.3 Å². The summed E-state index contributed by atoms with van der Waals surface area (Å²) in [4.78, 5) is 26.1. The van der Waals surface area contributed by atoms with Crippen molar-refractivity contribution in [2.75, 3.05) is 7.11 Å². The Labute approximate surface area is 105 Å². The average molecular weight is 252 g/mol. The Morgan fingerprint density at radius 1 is 1.50 bits per heavy atom. The number of ether oxygens (including phenoxy) is 1. The van der Waals surface area contributed by atoms with Crippen molar-refractivity contribution in [1.29, 1.82) is 0 Å². The number of carbonyl (C=O) groups excluding carboxylic acids is 1. The van der Waals surface area contributed by atoms with Crippen LogP contribution < -0.4 is 10.1 Å². The number of amides is 1. The van der Waals surface area contributed by atoms with Crippen molar-refractivity contribution < 1.29 is 19.4 Å². The third kappa shape index (κ3) is 4.04. The minimum Gasteiger partial charge on any atom is -0.497 e. The number of carboxylic acid groups (broad SMARTS) is 1. The van der Waals surface area contributed by atoms with E-state index in [0.717, 1.165) is 5.69 Å². The Bertz CT molecular complexity index is 459. The molecule has 0 radical (unpaired) electrons. The van der Waals surface area contributed by atoms with Gasteiger partial charge < -0.3 is 15.2 Å². The second kappa shape index (κ2) is 6.00. The van der Waals surface area contributed by atoms with Gasteiger partial charge in [-0.25, -0.2) is 4.79 Å². The zero-order valence-electron chi connectivity index (χ0n) is 10.6. The van der Waals surface area contributed by atoms with Crippen molar-refractivity contribution in [3.05, 3.63) is 23.5 Å². The Morgan fingerprint density at radius 2 is 2.17 bits per heavy atom. The molecular formula is C12H16N2O4. The standard InChI is InChI=1S/C12H16N2O4/c1-7-4-10(18-3)5-9(13-7)6-11(12(16)17)14-8(2)15/h4-5,11H,6H2,1-3H3,(H,14,15)(H,16,17). The Hall–Kier alpha value is -2.11. The summed E-state index contributed by atoms with van der Waals surface area (Å²) in [5.41, 5.74) is 1.30. The van der Waals surface area contributed by atoms with Gasteiger partial charge in [0, 0.05) is 36.9 Å². The summed E-state index contributed by atoms with van der Waals surface area (Å²) in [7, 11) is 1.53. The van der Waals surface area contributed by atoms with Crippen LogP contribution in [-0.4, -0.2) is 35.1 Å². The number of aliphatic carboxylic acids is 1. The highest BCUT2D eigenvalue weighted by molar-refractivity contribution is 5.82. The number of carboxylic acids is 1. The van der Waals surface area contributed by atoms with Gasteiger partial charge in [-0.2, -0.15) is 0 Å². The van der Waals surface area contributed by atoms with E-state index in [1.165, 1.54) is 14.0 Å². The first kappa shape index (κ1) is 14.0. The maximum Gasteiger partial charge on any atom is 0.326 e. The minimum atomic E-state index is -1.09. The first-order valence-electron chi connectivity index (χ1n) is 5.44. The molecule has 0 bridgehead atoms. The number of pyridine rings is 1. The van der Waals surface area contributed by atoms with Gasteiger partial charge in [-0.15, -0.1) is 0 Å². The van der Waals surface area contributed by atoms with E-state index in [1.54, 1.807) is 19.1 Å². The van der Waals surface area contributed by atoms with Crippen LogP contribution in [0.5, 0.6) is 5.75 Å². The largest absolute Gasteiger partial charge is 0.497 e. The third-order valence-corrected chi connectivity index (χ3v) is 2.30. The maximum atomic E-state index is 11.0. The maximum absolute atomic E-state index is 11.0. The van der Waals surface area contributed by atoms with Crippen LogP contribution in [0.25, 0.3) is 0 Å². The highest BCUT2D eigenvalue weighted by Gasteiger charge is 2.19. The van der Waals surface area contributed by atoms with Gasteiger partial charge in [0.2, 0.25) is 5.91 Å². The number of carbonyl (C=O) groups is 2. The van der Waals surface area contributed by atoms with Crippen molar-refractivity contribution >= 4 is 11.9 Å². The fourth-order valence-corrected chi connectivity index (χ4v) is 1.58. The number of hydrogen-bond acceptors (Lipinski definition) is 4. The van der Waals surface area contributed by atoms with Gasteiger partial charge in [-0.1, -0.05) is 0 Å². The van der Waals surface area contributed by atoms with Crippen LogP contribution in [0, 0.1) is 6.92 Å². The summed E-state index contributed by atoms with van der Waals surface area (Å²) < 4.78 is 5.08. The lowest BCUT2D eigenvalue weighted by molar-refractivity contribution is -0.141. The normalized spacial score (nSPS) is 11.7. The number of nitrogens with zero attached hydrogens (tertiary/aromatic N) is 1. The second-order valence-corrected chi connectivity index (χ2v) is 3.94. The van der Waals surface area contributed by atoms with Crippen LogP contribution in [0.3, 0.4) is 0 Å².